The lowest BCUT2D eigenvalue weighted by molar-refractivity contribution is -0.145. The molecule has 0 aliphatic heterocycles. The summed E-state index contributed by atoms with van der Waals surface area (Å²) in [5, 5.41) is 12.7. The third-order valence-corrected chi connectivity index (χ3v) is 4.36. The van der Waals surface area contributed by atoms with E-state index in [1.165, 1.54) is 31.4 Å². The number of amides is 1. The van der Waals surface area contributed by atoms with E-state index >= 15 is 0 Å². The molecule has 0 saturated heterocycles. The summed E-state index contributed by atoms with van der Waals surface area (Å²) in [6, 6.07) is 12.1. The van der Waals surface area contributed by atoms with Gasteiger partial charge in [-0.25, -0.2) is 9.59 Å². The molecule has 3 aromatic rings. The number of carbonyl (C=O) groups is 3. The third kappa shape index (κ3) is 4.92. The highest BCUT2D eigenvalue weighted by atomic mass is 16.5. The minimum atomic E-state index is -0.931. The summed E-state index contributed by atoms with van der Waals surface area (Å²) in [6.07, 6.45) is 1.99. The van der Waals surface area contributed by atoms with Crippen molar-refractivity contribution in [1.82, 2.24) is 10.3 Å². The maximum atomic E-state index is 12.2. The van der Waals surface area contributed by atoms with Crippen LogP contribution in [0.15, 0.2) is 54.7 Å². The third-order valence-electron chi connectivity index (χ3n) is 4.36. The number of H-pyrrole nitrogens is 1. The fourth-order valence-electron chi connectivity index (χ4n) is 2.90. The van der Waals surface area contributed by atoms with Crippen LogP contribution in [0, 0.1) is 0 Å². The highest BCUT2D eigenvalue weighted by molar-refractivity contribution is 5.92. The van der Waals surface area contributed by atoms with Crippen LogP contribution < -0.4 is 5.32 Å². The predicted octanol–water partition coefficient (Wildman–Crippen LogP) is 1.93. The number of benzene rings is 2. The number of aromatic hydroxyl groups is 1. The molecule has 1 atom stereocenters. The van der Waals surface area contributed by atoms with E-state index in [4.69, 9.17) is 9.47 Å². The van der Waals surface area contributed by atoms with Crippen molar-refractivity contribution in [2.24, 2.45) is 0 Å². The van der Waals surface area contributed by atoms with Crippen LogP contribution in [0.3, 0.4) is 0 Å². The molecule has 0 bridgehead atoms. The van der Waals surface area contributed by atoms with Gasteiger partial charge in [-0.2, -0.15) is 0 Å². The van der Waals surface area contributed by atoms with Gasteiger partial charge in [0.1, 0.15) is 11.8 Å². The van der Waals surface area contributed by atoms with Gasteiger partial charge in [-0.15, -0.1) is 0 Å². The Kier molecular flexibility index (Phi) is 6.13. The first-order valence-corrected chi connectivity index (χ1v) is 8.86. The number of para-hydroxylation sites is 1. The Bertz CT molecular complexity index is 1030. The molecule has 0 fully saturated rings. The average molecular weight is 396 g/mol. The minimum Gasteiger partial charge on any atom is -0.508 e. The minimum absolute atomic E-state index is 0.0116. The van der Waals surface area contributed by atoms with Crippen molar-refractivity contribution in [3.05, 3.63) is 65.9 Å². The number of nitrogens with one attached hydrogen (secondary N) is 2. The maximum absolute atomic E-state index is 12.2. The largest absolute Gasteiger partial charge is 0.508 e. The molecule has 1 aromatic heterocycles. The molecular weight excluding hydrogens is 376 g/mol. The van der Waals surface area contributed by atoms with Crippen LogP contribution in [0.1, 0.15) is 15.9 Å². The zero-order valence-corrected chi connectivity index (χ0v) is 15.7. The number of hydrogen-bond donors (Lipinski definition) is 3. The second-order valence-corrected chi connectivity index (χ2v) is 6.33. The van der Waals surface area contributed by atoms with Crippen molar-refractivity contribution in [2.45, 2.75) is 12.5 Å². The van der Waals surface area contributed by atoms with E-state index in [1.807, 2.05) is 24.3 Å². The Balaban J connectivity index is 1.62. The number of aromatic amines is 1. The highest BCUT2D eigenvalue weighted by Gasteiger charge is 2.24. The number of phenols is 1. The fourth-order valence-corrected chi connectivity index (χ4v) is 2.90. The monoisotopic (exact) mass is 396 g/mol. The van der Waals surface area contributed by atoms with Crippen LogP contribution in [-0.4, -0.2) is 47.7 Å². The number of phenolic OH excluding ortho intramolecular Hbond substituents is 1. The summed E-state index contributed by atoms with van der Waals surface area (Å²) in [5.74, 6) is -1.94. The zero-order chi connectivity index (χ0) is 20.8. The Labute approximate surface area is 166 Å². The first-order valence-electron chi connectivity index (χ1n) is 8.86. The van der Waals surface area contributed by atoms with Gasteiger partial charge >= 0.3 is 11.9 Å². The molecule has 150 valence electrons. The van der Waals surface area contributed by atoms with Crippen LogP contribution in [-0.2, 0) is 25.5 Å². The molecule has 3 N–H and O–H groups in total. The summed E-state index contributed by atoms with van der Waals surface area (Å²) >= 11 is 0. The highest BCUT2D eigenvalue weighted by Crippen LogP contribution is 2.19. The SMILES string of the molecule is COC(=O)[C@@H](Cc1c[nH]c2ccccc12)NC(=O)COC(=O)c1ccc(O)cc1. The number of fused-ring (bicyclic) bond motifs is 1. The van der Waals surface area contributed by atoms with E-state index in [2.05, 4.69) is 10.3 Å². The van der Waals surface area contributed by atoms with Crippen LogP contribution in [0.4, 0.5) is 0 Å². The lowest BCUT2D eigenvalue weighted by Crippen LogP contribution is -2.44. The number of carbonyl (C=O) groups excluding carboxylic acids is 3. The number of esters is 2. The lowest BCUT2D eigenvalue weighted by atomic mass is 10.0. The molecule has 1 heterocycles. The Morgan fingerprint density at radius 3 is 2.55 bits per heavy atom. The molecule has 0 saturated carbocycles. The fraction of sp³-hybridized carbons (Fsp3) is 0.190. The molecule has 8 nitrogen and oxygen atoms in total. The second kappa shape index (κ2) is 8.92. The molecule has 29 heavy (non-hydrogen) atoms. The zero-order valence-electron chi connectivity index (χ0n) is 15.7. The number of rotatable bonds is 7. The van der Waals surface area contributed by atoms with E-state index in [-0.39, 0.29) is 17.7 Å². The first kappa shape index (κ1) is 19.9. The molecule has 0 spiro atoms. The van der Waals surface area contributed by atoms with Crippen molar-refractivity contribution in [3.63, 3.8) is 0 Å². The van der Waals surface area contributed by atoms with Gasteiger partial charge in [-0.05, 0) is 35.9 Å². The second-order valence-electron chi connectivity index (χ2n) is 6.33. The molecule has 1 amide bonds. The molecule has 0 radical (unpaired) electrons. The quantitative estimate of drug-likeness (QED) is 0.525. The molecule has 0 aliphatic rings. The van der Waals surface area contributed by atoms with Gasteiger partial charge in [0.25, 0.3) is 5.91 Å². The first-order chi connectivity index (χ1) is 14.0. The number of ether oxygens (including phenoxy) is 2. The van der Waals surface area contributed by atoms with Gasteiger partial charge in [-0.1, -0.05) is 18.2 Å². The Morgan fingerprint density at radius 1 is 1.10 bits per heavy atom. The molecule has 0 unspecified atom stereocenters. The summed E-state index contributed by atoms with van der Waals surface area (Å²) in [5.41, 5.74) is 1.96. The van der Waals surface area contributed by atoms with E-state index in [0.29, 0.717) is 0 Å². The topological polar surface area (TPSA) is 118 Å². The Hall–Kier alpha value is -3.81. The van der Waals surface area contributed by atoms with Crippen LogP contribution in [0.2, 0.25) is 0 Å². The van der Waals surface area contributed by atoms with Crippen molar-refractivity contribution in [1.29, 1.82) is 0 Å². The van der Waals surface area contributed by atoms with Gasteiger partial charge in [-0.3, -0.25) is 4.79 Å². The summed E-state index contributed by atoms with van der Waals surface area (Å²) in [4.78, 5) is 39.4. The van der Waals surface area contributed by atoms with Crippen LogP contribution in [0.25, 0.3) is 10.9 Å². The van der Waals surface area contributed by atoms with Gasteiger partial charge in [0.05, 0.1) is 12.7 Å². The molecule has 0 aliphatic carbocycles. The van der Waals surface area contributed by atoms with Gasteiger partial charge in [0, 0.05) is 23.5 Å². The van der Waals surface area contributed by atoms with E-state index in [1.54, 1.807) is 6.20 Å². The van der Waals surface area contributed by atoms with Crippen molar-refractivity contribution >= 4 is 28.7 Å². The van der Waals surface area contributed by atoms with Gasteiger partial charge < -0.3 is 24.9 Å². The van der Waals surface area contributed by atoms with Crippen molar-refractivity contribution < 1.29 is 29.0 Å². The molecule has 8 heteroatoms. The van der Waals surface area contributed by atoms with Crippen LogP contribution >= 0.6 is 0 Å². The summed E-state index contributed by atoms with van der Waals surface area (Å²) < 4.78 is 9.74. The van der Waals surface area contributed by atoms with E-state index < -0.39 is 30.5 Å². The molecular formula is C21H20N2O6. The predicted molar refractivity (Wildman–Crippen MR) is 104 cm³/mol. The smallest absolute Gasteiger partial charge is 0.338 e. The molecule has 3 rings (SSSR count). The number of methoxy groups -OCH3 is 1. The van der Waals surface area contributed by atoms with Gasteiger partial charge in [0.15, 0.2) is 6.61 Å². The van der Waals surface area contributed by atoms with Gasteiger partial charge in [0.2, 0.25) is 0 Å². The average Bonchev–Trinajstić information content (AvgIpc) is 3.14. The number of hydrogen-bond acceptors (Lipinski definition) is 6. The van der Waals surface area contributed by atoms with Crippen LogP contribution in [0.5, 0.6) is 5.75 Å². The van der Waals surface area contributed by atoms with Crippen molar-refractivity contribution in [3.8, 4) is 5.75 Å². The Morgan fingerprint density at radius 2 is 1.83 bits per heavy atom. The molecule has 2 aromatic carbocycles. The van der Waals surface area contributed by atoms with E-state index in [0.717, 1.165) is 16.5 Å². The lowest BCUT2D eigenvalue weighted by Gasteiger charge is -2.16. The summed E-state index contributed by atoms with van der Waals surface area (Å²) in [6.45, 7) is -0.554. The normalized spacial score (nSPS) is 11.6. The maximum Gasteiger partial charge on any atom is 0.338 e. The van der Waals surface area contributed by atoms with Crippen molar-refractivity contribution in [2.75, 3.05) is 13.7 Å². The van der Waals surface area contributed by atoms with E-state index in [9.17, 15) is 19.5 Å². The standard InChI is InChI=1S/C21H20N2O6/c1-28-21(27)18(10-14-11-22-17-5-3-2-4-16(14)17)23-19(25)12-29-20(26)13-6-8-15(24)9-7-13/h2-9,11,18,22,24H,10,12H2,1H3,(H,23,25)/t18-/m1/s1. The summed E-state index contributed by atoms with van der Waals surface area (Å²) in [7, 11) is 1.24. The number of aromatic nitrogens is 1.